The Kier molecular flexibility index (Phi) is 41.3. The highest BCUT2D eigenvalue weighted by Crippen LogP contribution is 2.43. The predicted octanol–water partition coefficient (Wildman–Crippen LogP) is 14.5. The molecule has 0 aromatic heterocycles. The molecule has 60 heavy (non-hydrogen) atoms. The summed E-state index contributed by atoms with van der Waals surface area (Å²) in [6.07, 6.45) is 49.0. The summed E-state index contributed by atoms with van der Waals surface area (Å²) in [6, 6.07) is 0. The van der Waals surface area contributed by atoms with Crippen molar-refractivity contribution in [3.8, 4) is 0 Å². The smallest absolute Gasteiger partial charge is 0.462 e. The van der Waals surface area contributed by atoms with Gasteiger partial charge in [0.2, 0.25) is 0 Å². The standard InChI is InChI=1S/C50H94NO8P/c1-6-8-10-12-14-16-18-20-22-24-25-27-29-31-33-35-37-39-41-43-50(53)59-48(47-58-60(54,55)57-45-44-51(3,4)5)46-56-49(52)42-40-38-36-34-32-30-28-26-23-21-19-17-15-13-11-9-7-2/h14,16,20,22,25,27,48H,6-13,15,17-19,21,23-24,26,28-47H2,1-5H3/p+1/b16-14-,22-20-,27-25-. The van der Waals surface area contributed by atoms with Gasteiger partial charge in [-0.05, 0) is 51.4 Å². The Hall–Kier alpha value is -1.77. The number of esters is 2. The lowest BCUT2D eigenvalue weighted by atomic mass is 10.0. The van der Waals surface area contributed by atoms with Crippen molar-refractivity contribution >= 4 is 19.8 Å². The van der Waals surface area contributed by atoms with Crippen LogP contribution in [0, 0.1) is 0 Å². The quantitative estimate of drug-likeness (QED) is 0.0212. The number of nitrogens with zero attached hydrogens (tertiary/aromatic N) is 1. The SMILES string of the molecule is CCCCC/C=C\C/C=C\C/C=C\CCCCCCCCC(=O)OC(COC(=O)CCCCCCCCCCCCCCCCCCC)COP(=O)(O)OCC[N+](C)(C)C. The van der Waals surface area contributed by atoms with Gasteiger partial charge in [0.1, 0.15) is 19.8 Å². The van der Waals surface area contributed by atoms with E-state index in [-0.39, 0.29) is 32.0 Å². The van der Waals surface area contributed by atoms with Crippen LogP contribution in [0.25, 0.3) is 0 Å². The molecule has 0 aliphatic carbocycles. The third-order valence-corrected chi connectivity index (χ3v) is 11.7. The van der Waals surface area contributed by atoms with Crippen LogP contribution >= 0.6 is 7.82 Å². The summed E-state index contributed by atoms with van der Waals surface area (Å²) >= 11 is 0. The second kappa shape index (κ2) is 42.5. The van der Waals surface area contributed by atoms with Crippen LogP contribution in [0.2, 0.25) is 0 Å². The molecule has 0 aliphatic heterocycles. The lowest BCUT2D eigenvalue weighted by molar-refractivity contribution is -0.870. The molecule has 0 bridgehead atoms. The molecule has 0 fully saturated rings. The molecule has 2 unspecified atom stereocenters. The fourth-order valence-electron chi connectivity index (χ4n) is 6.79. The van der Waals surface area contributed by atoms with Crippen molar-refractivity contribution in [2.75, 3.05) is 47.5 Å². The first-order valence-corrected chi connectivity index (χ1v) is 26.2. The van der Waals surface area contributed by atoms with E-state index in [0.29, 0.717) is 17.4 Å². The number of phosphoric acid groups is 1. The molecule has 0 aliphatic rings. The van der Waals surface area contributed by atoms with E-state index in [9.17, 15) is 19.0 Å². The minimum atomic E-state index is -4.38. The molecule has 0 rings (SSSR count). The molecule has 9 nitrogen and oxygen atoms in total. The fraction of sp³-hybridized carbons (Fsp3) is 0.840. The highest BCUT2D eigenvalue weighted by atomic mass is 31.2. The third-order valence-electron chi connectivity index (χ3n) is 10.7. The van der Waals surface area contributed by atoms with E-state index in [1.54, 1.807) is 0 Å². The van der Waals surface area contributed by atoms with E-state index in [0.717, 1.165) is 70.6 Å². The van der Waals surface area contributed by atoms with Crippen molar-refractivity contribution in [3.63, 3.8) is 0 Å². The number of phosphoric ester groups is 1. The third kappa shape index (κ3) is 45.7. The Bertz CT molecular complexity index is 1120. The molecule has 0 spiro atoms. The van der Waals surface area contributed by atoms with Crippen LogP contribution in [0.15, 0.2) is 36.5 Å². The number of likely N-dealkylation sites (N-methyl/N-ethyl adjacent to an activating group) is 1. The van der Waals surface area contributed by atoms with Gasteiger partial charge < -0.3 is 18.9 Å². The molecule has 352 valence electrons. The number of ether oxygens (including phenoxy) is 2. The Morgan fingerprint density at radius 1 is 0.517 bits per heavy atom. The van der Waals surface area contributed by atoms with Crippen molar-refractivity contribution < 1.29 is 42.1 Å². The monoisotopic (exact) mass is 869 g/mol. The maximum atomic E-state index is 12.7. The minimum absolute atomic E-state index is 0.0297. The number of allylic oxidation sites excluding steroid dienone is 6. The largest absolute Gasteiger partial charge is 0.472 e. The van der Waals surface area contributed by atoms with Crippen LogP contribution in [0.4, 0.5) is 0 Å². The molecule has 10 heteroatoms. The Balaban J connectivity index is 4.30. The summed E-state index contributed by atoms with van der Waals surface area (Å²) in [5, 5.41) is 0. The van der Waals surface area contributed by atoms with Gasteiger partial charge in [-0.3, -0.25) is 18.6 Å². The number of carbonyl (C=O) groups is 2. The first-order chi connectivity index (χ1) is 29.0. The Morgan fingerprint density at radius 2 is 0.900 bits per heavy atom. The van der Waals surface area contributed by atoms with E-state index in [1.807, 2.05) is 21.1 Å². The summed E-state index contributed by atoms with van der Waals surface area (Å²) in [4.78, 5) is 35.5. The average Bonchev–Trinajstić information content (AvgIpc) is 3.20. The van der Waals surface area contributed by atoms with Crippen LogP contribution in [-0.2, 0) is 32.7 Å². The maximum Gasteiger partial charge on any atom is 0.472 e. The van der Waals surface area contributed by atoms with Crippen LogP contribution in [-0.4, -0.2) is 74.9 Å². The second-order valence-electron chi connectivity index (χ2n) is 17.9. The van der Waals surface area contributed by atoms with E-state index in [2.05, 4.69) is 50.3 Å². The van der Waals surface area contributed by atoms with E-state index >= 15 is 0 Å². The molecule has 1 N–H and O–H groups in total. The van der Waals surface area contributed by atoms with Gasteiger partial charge in [0.05, 0.1) is 27.7 Å². The summed E-state index contributed by atoms with van der Waals surface area (Å²) < 4.78 is 34.4. The zero-order chi connectivity index (χ0) is 44.3. The van der Waals surface area contributed by atoms with Gasteiger partial charge in [-0.2, -0.15) is 0 Å². The molecule has 0 heterocycles. The fourth-order valence-corrected chi connectivity index (χ4v) is 7.53. The van der Waals surface area contributed by atoms with Crippen molar-refractivity contribution in [1.82, 2.24) is 0 Å². The van der Waals surface area contributed by atoms with Crippen LogP contribution in [0.5, 0.6) is 0 Å². The number of hydrogen-bond donors (Lipinski definition) is 1. The lowest BCUT2D eigenvalue weighted by Gasteiger charge is -2.24. The molecule has 0 aromatic rings. The van der Waals surface area contributed by atoms with E-state index in [1.165, 1.54) is 116 Å². The van der Waals surface area contributed by atoms with Gasteiger partial charge in [0, 0.05) is 12.8 Å². The number of quaternary nitrogens is 1. The molecule has 0 aromatic carbocycles. The molecule has 0 saturated heterocycles. The van der Waals surface area contributed by atoms with Crippen LogP contribution in [0.1, 0.15) is 219 Å². The summed E-state index contributed by atoms with van der Waals surface area (Å²) in [5.41, 5.74) is 0. The van der Waals surface area contributed by atoms with Gasteiger partial charge >= 0.3 is 19.8 Å². The van der Waals surface area contributed by atoms with Gasteiger partial charge in [-0.1, -0.05) is 192 Å². The second-order valence-corrected chi connectivity index (χ2v) is 19.3. The van der Waals surface area contributed by atoms with Crippen molar-refractivity contribution in [2.45, 2.75) is 225 Å². The summed E-state index contributed by atoms with van der Waals surface area (Å²) in [7, 11) is 1.47. The minimum Gasteiger partial charge on any atom is -0.462 e. The van der Waals surface area contributed by atoms with Crippen LogP contribution < -0.4 is 0 Å². The number of rotatable bonds is 45. The van der Waals surface area contributed by atoms with Gasteiger partial charge in [-0.25, -0.2) is 4.57 Å². The van der Waals surface area contributed by atoms with E-state index < -0.39 is 26.5 Å². The van der Waals surface area contributed by atoms with Crippen LogP contribution in [0.3, 0.4) is 0 Å². The first kappa shape index (κ1) is 58.2. The molecule has 0 saturated carbocycles. The highest BCUT2D eigenvalue weighted by Gasteiger charge is 2.27. The molecular weight excluding hydrogens is 774 g/mol. The number of carbonyl (C=O) groups excluding carboxylic acids is 2. The summed E-state index contributed by atoms with van der Waals surface area (Å²) in [5.74, 6) is -0.805. The maximum absolute atomic E-state index is 12.7. The molecule has 0 radical (unpaired) electrons. The molecule has 0 amide bonds. The number of unbranched alkanes of at least 4 members (excludes halogenated alkanes) is 25. The lowest BCUT2D eigenvalue weighted by Crippen LogP contribution is -2.37. The number of hydrogen-bond acceptors (Lipinski definition) is 7. The van der Waals surface area contributed by atoms with E-state index in [4.69, 9.17) is 18.5 Å². The van der Waals surface area contributed by atoms with Crippen molar-refractivity contribution in [1.29, 1.82) is 0 Å². The molecule has 2 atom stereocenters. The average molecular weight is 869 g/mol. The Labute approximate surface area is 370 Å². The van der Waals surface area contributed by atoms with Gasteiger partial charge in [0.15, 0.2) is 6.10 Å². The predicted molar refractivity (Wildman–Crippen MR) is 252 cm³/mol. The zero-order valence-corrected chi connectivity index (χ0v) is 40.6. The highest BCUT2D eigenvalue weighted by molar-refractivity contribution is 7.47. The Morgan fingerprint density at radius 3 is 1.37 bits per heavy atom. The zero-order valence-electron chi connectivity index (χ0n) is 39.7. The van der Waals surface area contributed by atoms with Gasteiger partial charge in [-0.15, -0.1) is 0 Å². The first-order valence-electron chi connectivity index (χ1n) is 24.7. The van der Waals surface area contributed by atoms with Gasteiger partial charge in [0.25, 0.3) is 0 Å². The topological polar surface area (TPSA) is 108 Å². The van der Waals surface area contributed by atoms with Crippen molar-refractivity contribution in [3.05, 3.63) is 36.5 Å². The normalized spacial score (nSPS) is 13.8. The summed E-state index contributed by atoms with van der Waals surface area (Å²) in [6.45, 7) is 4.41. The van der Waals surface area contributed by atoms with Crippen molar-refractivity contribution in [2.24, 2.45) is 0 Å². The molecular formula is C50H95NO8P+.